The van der Waals surface area contributed by atoms with E-state index in [2.05, 4.69) is 4.98 Å². The molecule has 0 aliphatic rings. The van der Waals surface area contributed by atoms with Gasteiger partial charge in [-0.05, 0) is 17.7 Å². The molecular formula is C16H10F3NO2. The van der Waals surface area contributed by atoms with Crippen molar-refractivity contribution in [1.29, 1.82) is 0 Å². The van der Waals surface area contributed by atoms with E-state index in [0.29, 0.717) is 11.3 Å². The SMILES string of the molecule is O=C(O)c1[nH]c(-c2ccccc2)c2cc(C(F)(F)F)ccc12. The molecule has 0 atom stereocenters. The van der Waals surface area contributed by atoms with E-state index < -0.39 is 17.7 Å². The standard InChI is InChI=1S/C16H10F3NO2/c17-16(18,19)10-6-7-11-12(8-10)13(20-14(11)15(21)22)9-4-2-1-3-5-9/h1-8,20H,(H,21,22). The third-order valence-corrected chi connectivity index (χ3v) is 3.41. The minimum Gasteiger partial charge on any atom is -0.477 e. The summed E-state index contributed by atoms with van der Waals surface area (Å²) in [6.07, 6.45) is -4.48. The fourth-order valence-electron chi connectivity index (χ4n) is 2.41. The molecule has 0 aliphatic carbocycles. The van der Waals surface area contributed by atoms with E-state index in [-0.39, 0.29) is 16.5 Å². The summed E-state index contributed by atoms with van der Waals surface area (Å²) in [5, 5.41) is 9.70. The van der Waals surface area contributed by atoms with E-state index in [1.807, 2.05) is 0 Å². The number of H-pyrrole nitrogens is 1. The van der Waals surface area contributed by atoms with Gasteiger partial charge in [-0.25, -0.2) is 4.79 Å². The summed E-state index contributed by atoms with van der Waals surface area (Å²) >= 11 is 0. The summed E-state index contributed by atoms with van der Waals surface area (Å²) in [6, 6.07) is 11.7. The van der Waals surface area contributed by atoms with E-state index in [1.165, 1.54) is 6.07 Å². The monoisotopic (exact) mass is 305 g/mol. The first kappa shape index (κ1) is 14.2. The van der Waals surface area contributed by atoms with Crippen LogP contribution in [0.3, 0.4) is 0 Å². The Labute approximate surface area is 123 Å². The lowest BCUT2D eigenvalue weighted by atomic mass is 10.0. The highest BCUT2D eigenvalue weighted by atomic mass is 19.4. The van der Waals surface area contributed by atoms with E-state index in [1.54, 1.807) is 30.3 Å². The molecule has 3 rings (SSSR count). The van der Waals surface area contributed by atoms with Gasteiger partial charge in [0, 0.05) is 10.8 Å². The molecule has 0 saturated carbocycles. The first-order valence-electron chi connectivity index (χ1n) is 6.39. The second kappa shape index (κ2) is 4.91. The lowest BCUT2D eigenvalue weighted by Gasteiger charge is -2.07. The van der Waals surface area contributed by atoms with Crippen LogP contribution in [-0.2, 0) is 6.18 Å². The van der Waals surface area contributed by atoms with Crippen LogP contribution in [0.5, 0.6) is 0 Å². The van der Waals surface area contributed by atoms with Crippen molar-refractivity contribution >= 4 is 16.7 Å². The number of aromatic carboxylic acids is 1. The number of hydrogen-bond donors (Lipinski definition) is 2. The van der Waals surface area contributed by atoms with Gasteiger partial charge in [0.2, 0.25) is 0 Å². The Morgan fingerprint density at radius 2 is 1.68 bits per heavy atom. The summed E-state index contributed by atoms with van der Waals surface area (Å²) in [7, 11) is 0. The van der Waals surface area contributed by atoms with E-state index >= 15 is 0 Å². The molecule has 6 heteroatoms. The van der Waals surface area contributed by atoms with Gasteiger partial charge in [0.1, 0.15) is 5.69 Å². The van der Waals surface area contributed by atoms with Gasteiger partial charge in [-0.15, -0.1) is 0 Å². The molecule has 112 valence electrons. The molecule has 0 amide bonds. The van der Waals surface area contributed by atoms with Gasteiger partial charge < -0.3 is 10.1 Å². The Morgan fingerprint density at radius 3 is 2.27 bits per heavy atom. The van der Waals surface area contributed by atoms with E-state index in [4.69, 9.17) is 0 Å². The maximum absolute atomic E-state index is 12.9. The number of hydrogen-bond acceptors (Lipinski definition) is 1. The van der Waals surface area contributed by atoms with Gasteiger partial charge >= 0.3 is 12.1 Å². The van der Waals surface area contributed by atoms with Crippen molar-refractivity contribution in [2.24, 2.45) is 0 Å². The molecule has 2 aromatic carbocycles. The topological polar surface area (TPSA) is 53.1 Å². The molecular weight excluding hydrogens is 295 g/mol. The number of aromatic amines is 1. The number of nitrogens with one attached hydrogen (secondary N) is 1. The number of carboxylic acid groups (broad SMARTS) is 1. The van der Waals surface area contributed by atoms with Crippen LogP contribution in [-0.4, -0.2) is 16.1 Å². The van der Waals surface area contributed by atoms with Crippen LogP contribution in [0.2, 0.25) is 0 Å². The maximum Gasteiger partial charge on any atom is 0.416 e. The lowest BCUT2D eigenvalue weighted by Crippen LogP contribution is -2.04. The summed E-state index contributed by atoms with van der Waals surface area (Å²) in [5.74, 6) is -1.22. The summed E-state index contributed by atoms with van der Waals surface area (Å²) in [5.41, 5.74) is 0.0501. The number of carbonyl (C=O) groups is 1. The fourth-order valence-corrected chi connectivity index (χ4v) is 2.41. The average Bonchev–Trinajstić information content (AvgIpc) is 2.86. The van der Waals surface area contributed by atoms with E-state index in [0.717, 1.165) is 12.1 Å². The molecule has 2 N–H and O–H groups in total. The minimum atomic E-state index is -4.48. The van der Waals surface area contributed by atoms with Gasteiger partial charge in [-0.1, -0.05) is 36.4 Å². The van der Waals surface area contributed by atoms with Gasteiger partial charge in [0.15, 0.2) is 0 Å². The largest absolute Gasteiger partial charge is 0.477 e. The van der Waals surface area contributed by atoms with Gasteiger partial charge in [0.25, 0.3) is 0 Å². The molecule has 0 bridgehead atoms. The Morgan fingerprint density at radius 1 is 1.00 bits per heavy atom. The van der Waals surface area contributed by atoms with Crippen LogP contribution in [0, 0.1) is 0 Å². The smallest absolute Gasteiger partial charge is 0.416 e. The van der Waals surface area contributed by atoms with Crippen LogP contribution >= 0.6 is 0 Å². The zero-order valence-electron chi connectivity index (χ0n) is 11.1. The number of carboxylic acids is 1. The number of fused-ring (bicyclic) bond motifs is 1. The van der Waals surface area contributed by atoms with Crippen molar-refractivity contribution in [3.05, 3.63) is 59.8 Å². The predicted molar refractivity (Wildman–Crippen MR) is 75.7 cm³/mol. The number of halogens is 3. The number of alkyl halides is 3. The normalized spacial score (nSPS) is 11.8. The van der Waals surface area contributed by atoms with Crippen LogP contribution in [0.15, 0.2) is 48.5 Å². The average molecular weight is 305 g/mol. The molecule has 1 aromatic heterocycles. The Hall–Kier alpha value is -2.76. The number of benzene rings is 2. The molecule has 0 radical (unpaired) electrons. The zero-order chi connectivity index (χ0) is 15.9. The molecule has 0 unspecified atom stereocenters. The predicted octanol–water partition coefficient (Wildman–Crippen LogP) is 4.55. The molecule has 3 aromatic rings. The fraction of sp³-hybridized carbons (Fsp3) is 0.0625. The van der Waals surface area contributed by atoms with Gasteiger partial charge in [-0.3, -0.25) is 0 Å². The quantitative estimate of drug-likeness (QED) is 0.729. The van der Waals surface area contributed by atoms with Crippen molar-refractivity contribution in [2.45, 2.75) is 6.18 Å². The maximum atomic E-state index is 12.9. The molecule has 0 fully saturated rings. The summed E-state index contributed by atoms with van der Waals surface area (Å²) < 4.78 is 38.7. The Balaban J connectivity index is 2.33. The van der Waals surface area contributed by atoms with Crippen molar-refractivity contribution < 1.29 is 23.1 Å². The Kier molecular flexibility index (Phi) is 3.16. The van der Waals surface area contributed by atoms with E-state index in [9.17, 15) is 23.1 Å². The van der Waals surface area contributed by atoms with Gasteiger partial charge in [0.05, 0.1) is 11.3 Å². The minimum absolute atomic E-state index is 0.123. The highest BCUT2D eigenvalue weighted by molar-refractivity contribution is 6.08. The van der Waals surface area contributed by atoms with Crippen LogP contribution in [0.4, 0.5) is 13.2 Å². The third-order valence-electron chi connectivity index (χ3n) is 3.41. The number of aromatic nitrogens is 1. The first-order valence-corrected chi connectivity index (χ1v) is 6.39. The zero-order valence-corrected chi connectivity index (χ0v) is 11.1. The van der Waals surface area contributed by atoms with Crippen molar-refractivity contribution in [3.8, 4) is 11.3 Å². The molecule has 1 heterocycles. The van der Waals surface area contributed by atoms with Gasteiger partial charge in [-0.2, -0.15) is 13.2 Å². The third kappa shape index (κ3) is 2.32. The van der Waals surface area contributed by atoms with Crippen molar-refractivity contribution in [3.63, 3.8) is 0 Å². The van der Waals surface area contributed by atoms with Crippen LogP contribution in [0.25, 0.3) is 22.0 Å². The number of rotatable bonds is 2. The second-order valence-electron chi connectivity index (χ2n) is 4.80. The van der Waals surface area contributed by atoms with Crippen molar-refractivity contribution in [2.75, 3.05) is 0 Å². The summed E-state index contributed by atoms with van der Waals surface area (Å²) in [4.78, 5) is 14.0. The molecule has 0 saturated heterocycles. The first-order chi connectivity index (χ1) is 10.4. The Bertz CT molecular complexity index is 851. The highest BCUT2D eigenvalue weighted by Crippen LogP contribution is 2.36. The highest BCUT2D eigenvalue weighted by Gasteiger charge is 2.31. The van der Waals surface area contributed by atoms with Crippen LogP contribution in [0.1, 0.15) is 16.1 Å². The van der Waals surface area contributed by atoms with Crippen molar-refractivity contribution in [1.82, 2.24) is 4.98 Å². The van der Waals surface area contributed by atoms with Crippen LogP contribution < -0.4 is 0 Å². The molecule has 3 nitrogen and oxygen atoms in total. The molecule has 22 heavy (non-hydrogen) atoms. The summed E-state index contributed by atoms with van der Waals surface area (Å²) in [6.45, 7) is 0. The molecule has 0 aliphatic heterocycles. The second-order valence-corrected chi connectivity index (χ2v) is 4.80. The lowest BCUT2D eigenvalue weighted by molar-refractivity contribution is -0.137. The molecule has 0 spiro atoms.